The number of hydrogen-bond acceptors (Lipinski definition) is 0. The lowest BCUT2D eigenvalue weighted by Crippen LogP contribution is -2.62. The molecule has 112 valence electrons. The van der Waals surface area contributed by atoms with Crippen molar-refractivity contribution in [3.63, 3.8) is 0 Å². The Balaban J connectivity index is 2.14. The normalized spacial score (nSPS) is 23.0. The molecular formula is C18H22F2N+. The van der Waals surface area contributed by atoms with Crippen molar-refractivity contribution in [1.82, 2.24) is 0 Å². The van der Waals surface area contributed by atoms with Crippen molar-refractivity contribution < 1.29 is 13.8 Å². The van der Waals surface area contributed by atoms with E-state index in [9.17, 15) is 8.78 Å². The van der Waals surface area contributed by atoms with Crippen LogP contribution in [-0.4, -0.2) is 19.2 Å². The number of alkyl halides is 2. The Morgan fingerprint density at radius 2 is 2.05 bits per heavy atom. The predicted octanol–water partition coefficient (Wildman–Crippen LogP) is 3.23. The molecule has 2 rings (SSSR count). The summed E-state index contributed by atoms with van der Waals surface area (Å²) in [5, 5.41) is 0. The van der Waals surface area contributed by atoms with E-state index in [0.717, 1.165) is 17.6 Å². The van der Waals surface area contributed by atoms with Gasteiger partial charge in [0.15, 0.2) is 6.21 Å². The SMILES string of the molecule is C[NH+]=C/C=C(\C=C\C1CCCC(F)(F)C1)c1ccccc1. The average molecular weight is 290 g/mol. The third-order valence-electron chi connectivity index (χ3n) is 3.76. The van der Waals surface area contributed by atoms with Gasteiger partial charge >= 0.3 is 0 Å². The molecule has 0 aliphatic heterocycles. The van der Waals surface area contributed by atoms with Crippen molar-refractivity contribution in [3.05, 3.63) is 54.1 Å². The summed E-state index contributed by atoms with van der Waals surface area (Å²) in [4.78, 5) is 2.96. The summed E-state index contributed by atoms with van der Waals surface area (Å²) >= 11 is 0. The largest absolute Gasteiger partial charge is 0.251 e. The van der Waals surface area contributed by atoms with Gasteiger partial charge < -0.3 is 0 Å². The monoisotopic (exact) mass is 290 g/mol. The molecule has 0 radical (unpaired) electrons. The summed E-state index contributed by atoms with van der Waals surface area (Å²) < 4.78 is 26.9. The molecule has 0 amide bonds. The first kappa shape index (κ1) is 15.6. The smallest absolute Gasteiger partial charge is 0.248 e. The van der Waals surface area contributed by atoms with Gasteiger partial charge in [-0.2, -0.15) is 0 Å². The third-order valence-corrected chi connectivity index (χ3v) is 3.76. The van der Waals surface area contributed by atoms with Gasteiger partial charge in [-0.25, -0.2) is 8.78 Å². The number of allylic oxidation sites excluding steroid dienone is 4. The van der Waals surface area contributed by atoms with Crippen LogP contribution < -0.4 is 4.99 Å². The van der Waals surface area contributed by atoms with Crippen LogP contribution in [-0.2, 0) is 0 Å². The summed E-state index contributed by atoms with van der Waals surface area (Å²) in [6.45, 7) is 0. The zero-order valence-electron chi connectivity index (χ0n) is 12.4. The van der Waals surface area contributed by atoms with E-state index in [1.165, 1.54) is 0 Å². The van der Waals surface area contributed by atoms with E-state index in [4.69, 9.17) is 0 Å². The van der Waals surface area contributed by atoms with Crippen LogP contribution in [0.3, 0.4) is 0 Å². The Labute approximate surface area is 125 Å². The number of halogens is 2. The summed E-state index contributed by atoms with van der Waals surface area (Å²) in [7, 11) is 1.84. The molecule has 0 aromatic heterocycles. The maximum atomic E-state index is 13.4. The van der Waals surface area contributed by atoms with Gasteiger partial charge in [0.05, 0.1) is 0 Å². The summed E-state index contributed by atoms with van der Waals surface area (Å²) in [6.07, 6.45) is 9.19. The summed E-state index contributed by atoms with van der Waals surface area (Å²) in [6, 6.07) is 9.97. The minimum atomic E-state index is -2.50. The van der Waals surface area contributed by atoms with Crippen LogP contribution in [0.1, 0.15) is 31.2 Å². The van der Waals surface area contributed by atoms with Crippen molar-refractivity contribution in [1.29, 1.82) is 0 Å². The second-order valence-electron chi connectivity index (χ2n) is 5.51. The zero-order valence-corrected chi connectivity index (χ0v) is 12.4. The molecule has 1 aliphatic carbocycles. The van der Waals surface area contributed by atoms with Crippen LogP contribution in [0.5, 0.6) is 0 Å². The van der Waals surface area contributed by atoms with Gasteiger partial charge in [-0.05, 0) is 29.9 Å². The fourth-order valence-electron chi connectivity index (χ4n) is 2.67. The Morgan fingerprint density at radius 1 is 1.29 bits per heavy atom. The van der Waals surface area contributed by atoms with E-state index in [-0.39, 0.29) is 18.8 Å². The molecule has 1 fully saturated rings. The van der Waals surface area contributed by atoms with Crippen LogP contribution in [0.15, 0.2) is 48.6 Å². The molecule has 1 unspecified atom stereocenters. The number of hydrogen-bond donors (Lipinski definition) is 1. The van der Waals surface area contributed by atoms with E-state index in [1.807, 2.05) is 61.8 Å². The minimum absolute atomic E-state index is 0.0265. The van der Waals surface area contributed by atoms with Crippen molar-refractivity contribution >= 4 is 11.8 Å². The molecule has 3 heteroatoms. The van der Waals surface area contributed by atoms with Crippen LogP contribution >= 0.6 is 0 Å². The van der Waals surface area contributed by atoms with Gasteiger partial charge in [-0.1, -0.05) is 42.5 Å². The van der Waals surface area contributed by atoms with E-state index < -0.39 is 5.92 Å². The van der Waals surface area contributed by atoms with Crippen molar-refractivity contribution in [2.75, 3.05) is 7.05 Å². The fraction of sp³-hybridized carbons (Fsp3) is 0.389. The van der Waals surface area contributed by atoms with Gasteiger partial charge in [-0.3, -0.25) is 4.99 Å². The lowest BCUT2D eigenvalue weighted by Gasteiger charge is -2.26. The van der Waals surface area contributed by atoms with Gasteiger partial charge in [0.1, 0.15) is 7.05 Å². The van der Waals surface area contributed by atoms with Gasteiger partial charge in [0.2, 0.25) is 5.92 Å². The first-order chi connectivity index (χ1) is 10.1. The summed E-state index contributed by atoms with van der Waals surface area (Å²) in [5.41, 5.74) is 2.11. The maximum absolute atomic E-state index is 13.4. The molecule has 0 saturated heterocycles. The van der Waals surface area contributed by atoms with E-state index in [2.05, 4.69) is 4.99 Å². The molecule has 1 N–H and O–H groups in total. The van der Waals surface area contributed by atoms with Gasteiger partial charge in [0, 0.05) is 18.9 Å². The molecular weight excluding hydrogens is 268 g/mol. The Bertz CT molecular complexity index is 529. The molecule has 0 bridgehead atoms. The lowest BCUT2D eigenvalue weighted by atomic mass is 9.86. The molecule has 1 aromatic rings. The first-order valence-corrected chi connectivity index (χ1v) is 7.43. The van der Waals surface area contributed by atoms with E-state index >= 15 is 0 Å². The molecule has 1 aliphatic rings. The van der Waals surface area contributed by atoms with E-state index in [0.29, 0.717) is 6.42 Å². The number of rotatable bonds is 4. The molecule has 1 aromatic carbocycles. The highest BCUT2D eigenvalue weighted by molar-refractivity contribution is 5.86. The Kier molecular flexibility index (Phi) is 5.43. The predicted molar refractivity (Wildman–Crippen MR) is 83.4 cm³/mol. The van der Waals surface area contributed by atoms with Crippen molar-refractivity contribution in [3.8, 4) is 0 Å². The highest BCUT2D eigenvalue weighted by Crippen LogP contribution is 2.37. The second-order valence-corrected chi connectivity index (χ2v) is 5.51. The van der Waals surface area contributed by atoms with Gasteiger partial charge in [-0.15, -0.1) is 0 Å². The minimum Gasteiger partial charge on any atom is -0.251 e. The van der Waals surface area contributed by atoms with E-state index in [1.54, 1.807) is 0 Å². The van der Waals surface area contributed by atoms with Crippen LogP contribution in [0.4, 0.5) is 8.78 Å². The summed E-state index contributed by atoms with van der Waals surface area (Å²) in [5.74, 6) is -2.53. The topological polar surface area (TPSA) is 14.0 Å². The van der Waals surface area contributed by atoms with Crippen LogP contribution in [0, 0.1) is 5.92 Å². The average Bonchev–Trinajstić information content (AvgIpc) is 2.47. The molecule has 0 heterocycles. The molecule has 21 heavy (non-hydrogen) atoms. The molecule has 1 saturated carbocycles. The first-order valence-electron chi connectivity index (χ1n) is 7.43. The fourth-order valence-corrected chi connectivity index (χ4v) is 2.67. The highest BCUT2D eigenvalue weighted by atomic mass is 19.3. The maximum Gasteiger partial charge on any atom is 0.248 e. The van der Waals surface area contributed by atoms with Crippen molar-refractivity contribution in [2.24, 2.45) is 5.92 Å². The standard InChI is InChI=1S/C18H21F2N/c1-21-13-11-17(16-7-3-2-4-8-16)10-9-15-6-5-12-18(19,20)14-15/h2-4,7-11,13,15H,5-6,12,14H2,1H3/p+1/b10-9+,17-11+,21-13?. The van der Waals surface area contributed by atoms with Crippen molar-refractivity contribution in [2.45, 2.75) is 31.6 Å². The quantitative estimate of drug-likeness (QED) is 0.646. The Hall–Kier alpha value is -1.77. The lowest BCUT2D eigenvalue weighted by molar-refractivity contribution is -0.413. The van der Waals surface area contributed by atoms with Crippen LogP contribution in [0.2, 0.25) is 0 Å². The zero-order chi connectivity index (χ0) is 15.1. The second kappa shape index (κ2) is 7.30. The highest BCUT2D eigenvalue weighted by Gasteiger charge is 2.35. The third kappa shape index (κ3) is 4.92. The Morgan fingerprint density at radius 3 is 2.71 bits per heavy atom. The van der Waals surface area contributed by atoms with Crippen LogP contribution in [0.25, 0.3) is 5.57 Å². The molecule has 0 spiro atoms. The number of benzene rings is 1. The van der Waals surface area contributed by atoms with Gasteiger partial charge in [0.25, 0.3) is 0 Å². The molecule has 1 atom stereocenters. The number of nitrogens with one attached hydrogen (secondary N) is 1. The molecule has 1 nitrogen and oxygen atoms in total.